The van der Waals surface area contributed by atoms with Crippen LogP contribution in [0.5, 0.6) is 11.5 Å². The highest BCUT2D eigenvalue weighted by Gasteiger charge is 2.40. The van der Waals surface area contributed by atoms with E-state index < -0.39 is 11.4 Å². The van der Waals surface area contributed by atoms with Crippen molar-refractivity contribution in [3.63, 3.8) is 0 Å². The Kier molecular flexibility index (Phi) is 5.02. The van der Waals surface area contributed by atoms with Gasteiger partial charge in [-0.15, -0.1) is 0 Å². The Balaban J connectivity index is 1.77. The Morgan fingerprint density at radius 2 is 1.92 bits per heavy atom. The van der Waals surface area contributed by atoms with Gasteiger partial charge in [-0.05, 0) is 55.5 Å². The fraction of sp³-hybridized carbons (Fsp3) is 0.350. The Morgan fingerprint density at radius 1 is 1.15 bits per heavy atom. The maximum atomic E-state index is 13.9. The molecule has 1 aliphatic rings. The molecule has 138 valence electrons. The van der Waals surface area contributed by atoms with Crippen LogP contribution in [0.15, 0.2) is 36.4 Å². The van der Waals surface area contributed by atoms with E-state index in [4.69, 9.17) is 9.47 Å². The molecule has 0 spiro atoms. The van der Waals surface area contributed by atoms with Gasteiger partial charge >= 0.3 is 6.03 Å². The lowest BCUT2D eigenvalue weighted by Gasteiger charge is -2.43. The molecular weight excluding hydrogens is 335 g/mol. The predicted molar refractivity (Wildman–Crippen MR) is 98.4 cm³/mol. The minimum absolute atomic E-state index is 0.153. The predicted octanol–water partition coefficient (Wildman–Crippen LogP) is 4.35. The molecule has 0 aromatic heterocycles. The fourth-order valence-electron chi connectivity index (χ4n) is 3.25. The fourth-order valence-corrected chi connectivity index (χ4v) is 3.25. The van der Waals surface area contributed by atoms with Crippen LogP contribution in [0, 0.1) is 12.7 Å². The number of carbonyl (C=O) groups is 1. The van der Waals surface area contributed by atoms with Gasteiger partial charge in [0, 0.05) is 11.8 Å². The summed E-state index contributed by atoms with van der Waals surface area (Å²) in [6, 6.07) is 10.2. The van der Waals surface area contributed by atoms with Crippen LogP contribution in [-0.2, 0) is 5.54 Å². The third kappa shape index (κ3) is 3.45. The largest absolute Gasteiger partial charge is 0.497 e. The van der Waals surface area contributed by atoms with E-state index in [0.717, 1.165) is 36.1 Å². The number of methoxy groups -OCH3 is 2. The van der Waals surface area contributed by atoms with E-state index >= 15 is 0 Å². The average Bonchev–Trinajstić information content (AvgIpc) is 2.61. The molecule has 2 aromatic carbocycles. The van der Waals surface area contributed by atoms with Gasteiger partial charge in [-0.25, -0.2) is 9.18 Å². The molecule has 0 heterocycles. The van der Waals surface area contributed by atoms with Gasteiger partial charge in [0.25, 0.3) is 0 Å². The molecule has 0 bridgehead atoms. The number of amides is 2. The number of rotatable bonds is 5. The van der Waals surface area contributed by atoms with Crippen molar-refractivity contribution in [3.05, 3.63) is 53.3 Å². The number of benzene rings is 2. The smallest absolute Gasteiger partial charge is 0.319 e. The first kappa shape index (κ1) is 18.0. The zero-order valence-electron chi connectivity index (χ0n) is 15.2. The van der Waals surface area contributed by atoms with Crippen molar-refractivity contribution in [2.75, 3.05) is 19.5 Å². The van der Waals surface area contributed by atoms with E-state index in [1.165, 1.54) is 13.2 Å². The van der Waals surface area contributed by atoms with Crippen molar-refractivity contribution in [1.29, 1.82) is 0 Å². The first-order chi connectivity index (χ1) is 12.5. The van der Waals surface area contributed by atoms with Crippen LogP contribution in [0.2, 0.25) is 0 Å². The highest BCUT2D eigenvalue weighted by Crippen LogP contribution is 2.42. The van der Waals surface area contributed by atoms with Gasteiger partial charge in [0.15, 0.2) is 11.6 Å². The molecule has 5 nitrogen and oxygen atoms in total. The molecule has 3 rings (SSSR count). The first-order valence-electron chi connectivity index (χ1n) is 8.55. The summed E-state index contributed by atoms with van der Waals surface area (Å²) >= 11 is 0. The molecule has 0 atom stereocenters. The third-order valence-corrected chi connectivity index (χ3v) is 4.93. The minimum Gasteiger partial charge on any atom is -0.497 e. The van der Waals surface area contributed by atoms with Gasteiger partial charge in [0.2, 0.25) is 0 Å². The molecule has 0 radical (unpaired) electrons. The second-order valence-electron chi connectivity index (χ2n) is 6.55. The van der Waals surface area contributed by atoms with Gasteiger partial charge < -0.3 is 20.1 Å². The van der Waals surface area contributed by atoms with E-state index in [1.54, 1.807) is 20.1 Å². The molecule has 0 unspecified atom stereocenters. The molecule has 2 amide bonds. The molecule has 1 fully saturated rings. The van der Waals surface area contributed by atoms with Gasteiger partial charge in [-0.3, -0.25) is 0 Å². The topological polar surface area (TPSA) is 59.6 Å². The Bertz CT molecular complexity index is 819. The number of ether oxygens (including phenoxy) is 2. The third-order valence-electron chi connectivity index (χ3n) is 4.93. The zero-order chi connectivity index (χ0) is 18.7. The van der Waals surface area contributed by atoms with Crippen LogP contribution >= 0.6 is 0 Å². The van der Waals surface area contributed by atoms with Crippen LogP contribution < -0.4 is 20.1 Å². The molecule has 26 heavy (non-hydrogen) atoms. The van der Waals surface area contributed by atoms with Crippen molar-refractivity contribution in [1.82, 2.24) is 5.32 Å². The quantitative estimate of drug-likeness (QED) is 0.835. The molecule has 0 saturated heterocycles. The number of nitrogens with one attached hydrogen (secondary N) is 2. The molecular formula is C20H23FN2O3. The minimum atomic E-state index is -0.514. The molecule has 2 aromatic rings. The molecule has 0 aliphatic heterocycles. The van der Waals surface area contributed by atoms with Crippen LogP contribution in [0.3, 0.4) is 0 Å². The summed E-state index contributed by atoms with van der Waals surface area (Å²) in [6.45, 7) is 1.79. The maximum absolute atomic E-state index is 13.9. The first-order valence-corrected chi connectivity index (χ1v) is 8.55. The highest BCUT2D eigenvalue weighted by molar-refractivity contribution is 5.91. The van der Waals surface area contributed by atoms with Crippen LogP contribution in [0.25, 0.3) is 0 Å². The monoisotopic (exact) mass is 358 g/mol. The summed E-state index contributed by atoms with van der Waals surface area (Å²) < 4.78 is 24.2. The van der Waals surface area contributed by atoms with Crippen molar-refractivity contribution in [3.8, 4) is 11.5 Å². The summed E-state index contributed by atoms with van der Waals surface area (Å²) in [5.41, 5.74) is 1.73. The van der Waals surface area contributed by atoms with Gasteiger partial charge in [0.05, 0.1) is 19.8 Å². The summed E-state index contributed by atoms with van der Waals surface area (Å²) in [5.74, 6) is 0.393. The number of urea groups is 1. The summed E-state index contributed by atoms with van der Waals surface area (Å²) in [4.78, 5) is 12.6. The summed E-state index contributed by atoms with van der Waals surface area (Å²) in [6.07, 6.45) is 2.74. The van der Waals surface area contributed by atoms with Crippen LogP contribution in [0.4, 0.5) is 14.9 Å². The average molecular weight is 358 g/mol. The molecule has 2 N–H and O–H groups in total. The number of anilines is 1. The van der Waals surface area contributed by atoms with Crippen LogP contribution in [0.1, 0.15) is 30.4 Å². The second-order valence-corrected chi connectivity index (χ2v) is 6.55. The second kappa shape index (κ2) is 7.23. The van der Waals surface area contributed by atoms with Gasteiger partial charge in [0.1, 0.15) is 5.75 Å². The Morgan fingerprint density at radius 3 is 2.54 bits per heavy atom. The normalized spacial score (nSPS) is 14.9. The van der Waals surface area contributed by atoms with Crippen molar-refractivity contribution < 1.29 is 18.7 Å². The molecule has 1 saturated carbocycles. The van der Waals surface area contributed by atoms with E-state index in [0.29, 0.717) is 5.69 Å². The van der Waals surface area contributed by atoms with Crippen molar-refractivity contribution >= 4 is 11.7 Å². The lowest BCUT2D eigenvalue weighted by atomic mass is 9.72. The van der Waals surface area contributed by atoms with Crippen LogP contribution in [-0.4, -0.2) is 20.3 Å². The van der Waals surface area contributed by atoms with E-state index in [-0.39, 0.29) is 11.8 Å². The maximum Gasteiger partial charge on any atom is 0.319 e. The number of carbonyl (C=O) groups excluding carboxylic acids is 1. The van der Waals surface area contributed by atoms with Gasteiger partial charge in [-0.2, -0.15) is 0 Å². The zero-order valence-corrected chi connectivity index (χ0v) is 15.2. The van der Waals surface area contributed by atoms with E-state index in [9.17, 15) is 9.18 Å². The lowest BCUT2D eigenvalue weighted by molar-refractivity contribution is 0.184. The summed E-state index contributed by atoms with van der Waals surface area (Å²) in [5, 5.41) is 5.81. The number of hydrogen-bond acceptors (Lipinski definition) is 3. The van der Waals surface area contributed by atoms with Gasteiger partial charge in [-0.1, -0.05) is 12.1 Å². The lowest BCUT2D eigenvalue weighted by Crippen LogP contribution is -2.52. The molecule has 6 heteroatoms. The van der Waals surface area contributed by atoms with E-state index in [1.807, 2.05) is 24.3 Å². The van der Waals surface area contributed by atoms with Crippen molar-refractivity contribution in [2.24, 2.45) is 0 Å². The Labute approximate surface area is 152 Å². The van der Waals surface area contributed by atoms with Crippen molar-refractivity contribution in [2.45, 2.75) is 31.7 Å². The molecule has 1 aliphatic carbocycles. The number of halogens is 1. The SMILES string of the molecule is COc1cccc(C2(NC(=O)Nc3cc(F)c(OC)cc3C)CCC2)c1. The highest BCUT2D eigenvalue weighted by atomic mass is 19.1. The standard InChI is InChI=1S/C20H23FN2O3/c1-13-10-18(26-3)16(21)12-17(13)22-19(24)23-20(8-5-9-20)14-6-4-7-15(11-14)25-2/h4,6-7,10-12H,5,8-9H2,1-3H3,(H2,22,23,24). The summed E-state index contributed by atoms with van der Waals surface area (Å²) in [7, 11) is 3.03. The van der Waals surface area contributed by atoms with E-state index in [2.05, 4.69) is 10.6 Å². The number of aryl methyl sites for hydroxylation is 1. The number of hydrogen-bond donors (Lipinski definition) is 2. The Hall–Kier alpha value is -2.76.